The number of nitrogens with zero attached hydrogens (tertiary/aromatic N) is 2. The fraction of sp³-hybridized carbons (Fsp3) is 0.417. The van der Waals surface area contributed by atoms with Gasteiger partial charge in [0.05, 0.1) is 12.1 Å². The highest BCUT2D eigenvalue weighted by Crippen LogP contribution is 2.27. The van der Waals surface area contributed by atoms with E-state index in [-0.39, 0.29) is 12.1 Å². The number of hydrogen-bond donors (Lipinski definition) is 2. The molecule has 0 unspecified atom stereocenters. The zero-order valence-corrected chi connectivity index (χ0v) is 17.2. The van der Waals surface area contributed by atoms with Crippen LogP contribution in [0.2, 0.25) is 0 Å². The lowest BCUT2D eigenvalue weighted by Gasteiger charge is -2.23. The van der Waals surface area contributed by atoms with Gasteiger partial charge in [0, 0.05) is 23.6 Å². The number of phenols is 2. The molecule has 0 spiro atoms. The quantitative estimate of drug-likeness (QED) is 0.720. The molecule has 0 saturated heterocycles. The number of aryl methyl sites for hydroxylation is 4. The highest BCUT2D eigenvalue weighted by Gasteiger charge is 2.19. The third kappa shape index (κ3) is 4.80. The van der Waals surface area contributed by atoms with Crippen molar-refractivity contribution in [2.45, 2.75) is 65.5 Å². The largest absolute Gasteiger partial charge is 0.507 e. The van der Waals surface area contributed by atoms with Crippen molar-refractivity contribution in [2.75, 3.05) is 0 Å². The van der Waals surface area contributed by atoms with E-state index in [0.717, 1.165) is 59.1 Å². The van der Waals surface area contributed by atoms with Gasteiger partial charge < -0.3 is 10.2 Å². The fourth-order valence-corrected chi connectivity index (χ4v) is 3.91. The summed E-state index contributed by atoms with van der Waals surface area (Å²) >= 11 is 0. The van der Waals surface area contributed by atoms with E-state index in [9.17, 15) is 10.2 Å². The third-order valence-corrected chi connectivity index (χ3v) is 5.46. The maximum atomic E-state index is 10.2. The van der Waals surface area contributed by atoms with E-state index in [1.54, 1.807) is 0 Å². The molecule has 3 rings (SSSR count). The second kappa shape index (κ2) is 8.59. The zero-order chi connectivity index (χ0) is 20.3. The summed E-state index contributed by atoms with van der Waals surface area (Å²) in [6, 6.07) is 8.45. The van der Waals surface area contributed by atoms with Crippen molar-refractivity contribution >= 4 is 12.4 Å². The molecule has 148 valence electrons. The zero-order valence-electron chi connectivity index (χ0n) is 17.2. The summed E-state index contributed by atoms with van der Waals surface area (Å²) in [5.74, 6) is 0.641. The van der Waals surface area contributed by atoms with E-state index in [2.05, 4.69) is 0 Å². The first-order valence-corrected chi connectivity index (χ1v) is 10.00. The molecule has 0 atom stereocenters. The molecule has 0 aromatic heterocycles. The van der Waals surface area contributed by atoms with Crippen molar-refractivity contribution in [3.05, 3.63) is 57.6 Å². The number of aliphatic imine (C=N–C) groups is 2. The van der Waals surface area contributed by atoms with Gasteiger partial charge in [-0.25, -0.2) is 0 Å². The van der Waals surface area contributed by atoms with E-state index in [4.69, 9.17) is 9.98 Å². The standard InChI is InChI=1S/C24H30N2O2/c1-15-9-17(3)23(27)19(11-15)13-25-21-5-7-22(8-6-21)26-14-20-12-16(2)10-18(4)24(20)28/h9-14,21-22,27-28H,5-8H2,1-4H3. The van der Waals surface area contributed by atoms with Crippen molar-refractivity contribution in [3.8, 4) is 11.5 Å². The molecule has 4 heteroatoms. The van der Waals surface area contributed by atoms with E-state index in [1.807, 2.05) is 64.4 Å². The van der Waals surface area contributed by atoms with Gasteiger partial charge in [0.2, 0.25) is 0 Å². The van der Waals surface area contributed by atoms with Crippen LogP contribution in [0.15, 0.2) is 34.3 Å². The molecule has 0 radical (unpaired) electrons. The number of hydrogen-bond acceptors (Lipinski definition) is 4. The van der Waals surface area contributed by atoms with Crippen LogP contribution >= 0.6 is 0 Å². The van der Waals surface area contributed by atoms with Gasteiger partial charge >= 0.3 is 0 Å². The van der Waals surface area contributed by atoms with Crippen LogP contribution in [0.3, 0.4) is 0 Å². The van der Waals surface area contributed by atoms with Crippen LogP contribution in [-0.2, 0) is 0 Å². The Morgan fingerprint density at radius 2 is 1.04 bits per heavy atom. The molecule has 1 fully saturated rings. The van der Waals surface area contributed by atoms with Crippen LogP contribution < -0.4 is 0 Å². The second-order valence-corrected chi connectivity index (χ2v) is 8.06. The molecule has 1 aliphatic carbocycles. The molecule has 2 N–H and O–H groups in total. The lowest BCUT2D eigenvalue weighted by molar-refractivity contribution is 0.399. The molecule has 0 aliphatic heterocycles. The van der Waals surface area contributed by atoms with Crippen molar-refractivity contribution in [2.24, 2.45) is 9.98 Å². The third-order valence-electron chi connectivity index (χ3n) is 5.46. The SMILES string of the molecule is Cc1cc(C)c(O)c(C=NC2CCC(N=Cc3cc(C)cc(C)c3O)CC2)c1. The first kappa shape index (κ1) is 20.1. The van der Waals surface area contributed by atoms with Crippen LogP contribution in [0, 0.1) is 27.7 Å². The van der Waals surface area contributed by atoms with Crippen LogP contribution in [0.4, 0.5) is 0 Å². The normalized spacial score (nSPS) is 20.3. The minimum absolute atomic E-state index is 0.279. The first-order chi connectivity index (χ1) is 13.3. The van der Waals surface area contributed by atoms with E-state index < -0.39 is 0 Å². The monoisotopic (exact) mass is 378 g/mol. The van der Waals surface area contributed by atoms with Crippen LogP contribution in [0.1, 0.15) is 59.1 Å². The smallest absolute Gasteiger partial charge is 0.127 e. The predicted molar refractivity (Wildman–Crippen MR) is 116 cm³/mol. The Balaban J connectivity index is 1.59. The van der Waals surface area contributed by atoms with Crippen LogP contribution in [-0.4, -0.2) is 34.7 Å². The predicted octanol–water partition coefficient (Wildman–Crippen LogP) is 5.18. The number of benzene rings is 2. The summed E-state index contributed by atoms with van der Waals surface area (Å²) in [4.78, 5) is 9.42. The van der Waals surface area contributed by atoms with Gasteiger partial charge in [-0.15, -0.1) is 0 Å². The van der Waals surface area contributed by atoms with Gasteiger partial charge in [0.15, 0.2) is 0 Å². The van der Waals surface area contributed by atoms with Crippen LogP contribution in [0.25, 0.3) is 0 Å². The van der Waals surface area contributed by atoms with Gasteiger partial charge in [0.25, 0.3) is 0 Å². The van der Waals surface area contributed by atoms with Crippen molar-refractivity contribution < 1.29 is 10.2 Å². The Morgan fingerprint density at radius 3 is 1.39 bits per heavy atom. The molecule has 2 aromatic rings. The minimum Gasteiger partial charge on any atom is -0.507 e. The van der Waals surface area contributed by atoms with Gasteiger partial charge in [-0.1, -0.05) is 12.1 Å². The molecule has 0 amide bonds. The first-order valence-electron chi connectivity index (χ1n) is 10.00. The summed E-state index contributed by atoms with van der Waals surface area (Å²) in [5.41, 5.74) is 5.61. The van der Waals surface area contributed by atoms with E-state index in [1.165, 1.54) is 0 Å². The second-order valence-electron chi connectivity index (χ2n) is 8.06. The molecule has 1 aliphatic rings. The van der Waals surface area contributed by atoms with E-state index in [0.29, 0.717) is 11.5 Å². The summed E-state index contributed by atoms with van der Waals surface area (Å²) in [5, 5.41) is 20.4. The molecule has 28 heavy (non-hydrogen) atoms. The van der Waals surface area contributed by atoms with Gasteiger partial charge in [-0.2, -0.15) is 0 Å². The molecule has 4 nitrogen and oxygen atoms in total. The molecule has 1 saturated carbocycles. The van der Waals surface area contributed by atoms with Crippen molar-refractivity contribution in [3.63, 3.8) is 0 Å². The Morgan fingerprint density at radius 1 is 0.679 bits per heavy atom. The molecular formula is C24H30N2O2. The minimum atomic E-state index is 0.279. The number of rotatable bonds is 4. The number of aromatic hydroxyl groups is 2. The Hall–Kier alpha value is -2.62. The van der Waals surface area contributed by atoms with Crippen LogP contribution in [0.5, 0.6) is 11.5 Å². The van der Waals surface area contributed by atoms with Gasteiger partial charge in [0.1, 0.15) is 11.5 Å². The Labute approximate surface area is 167 Å². The number of phenolic OH excluding ortho intramolecular Hbond substituents is 2. The summed E-state index contributed by atoms with van der Waals surface area (Å²) in [7, 11) is 0. The summed E-state index contributed by atoms with van der Waals surface area (Å²) in [6.45, 7) is 7.88. The lowest BCUT2D eigenvalue weighted by Crippen LogP contribution is -2.20. The van der Waals surface area contributed by atoms with Gasteiger partial charge in [-0.3, -0.25) is 9.98 Å². The topological polar surface area (TPSA) is 65.2 Å². The maximum Gasteiger partial charge on any atom is 0.127 e. The lowest BCUT2D eigenvalue weighted by atomic mass is 9.92. The highest BCUT2D eigenvalue weighted by molar-refractivity contribution is 5.85. The summed E-state index contributed by atoms with van der Waals surface area (Å²) in [6.07, 6.45) is 7.59. The van der Waals surface area contributed by atoms with Crippen molar-refractivity contribution in [1.82, 2.24) is 0 Å². The fourth-order valence-electron chi connectivity index (χ4n) is 3.91. The highest BCUT2D eigenvalue weighted by atomic mass is 16.3. The van der Waals surface area contributed by atoms with Crippen molar-refractivity contribution in [1.29, 1.82) is 0 Å². The molecular weight excluding hydrogens is 348 g/mol. The molecule has 0 bridgehead atoms. The Kier molecular flexibility index (Phi) is 6.18. The van der Waals surface area contributed by atoms with Gasteiger partial charge in [-0.05, 0) is 87.8 Å². The maximum absolute atomic E-state index is 10.2. The summed E-state index contributed by atoms with van der Waals surface area (Å²) < 4.78 is 0. The molecule has 2 aromatic carbocycles. The molecule has 0 heterocycles. The average molecular weight is 379 g/mol. The average Bonchev–Trinajstić information content (AvgIpc) is 2.66. The Bertz CT molecular complexity index is 832. The van der Waals surface area contributed by atoms with E-state index >= 15 is 0 Å².